The molecule has 0 atom stereocenters. The number of hydrogen-bond acceptors (Lipinski definition) is 5. The van der Waals surface area contributed by atoms with Gasteiger partial charge in [0.25, 0.3) is 11.2 Å². The van der Waals surface area contributed by atoms with Gasteiger partial charge in [-0.2, -0.15) is 5.10 Å². The third-order valence-corrected chi connectivity index (χ3v) is 4.43. The van der Waals surface area contributed by atoms with Crippen molar-refractivity contribution in [2.75, 3.05) is 0 Å². The molecule has 1 aliphatic rings. The molecule has 2 aromatic rings. The van der Waals surface area contributed by atoms with Gasteiger partial charge in [0.1, 0.15) is 0 Å². The Balaban J connectivity index is 1.95. The molecule has 0 unspecified atom stereocenters. The number of hydrazone groups is 1. The van der Waals surface area contributed by atoms with Crippen LogP contribution in [0.1, 0.15) is 44.4 Å². The van der Waals surface area contributed by atoms with Crippen molar-refractivity contribution >= 4 is 17.3 Å². The number of benzene rings is 1. The summed E-state index contributed by atoms with van der Waals surface area (Å²) in [5.41, 5.74) is 4.20. The zero-order chi connectivity index (χ0) is 19.6. The Labute approximate surface area is 155 Å². The molecule has 0 radical (unpaired) electrons. The molecule has 1 aromatic carbocycles. The second-order valence-corrected chi connectivity index (χ2v) is 6.58. The molecule has 9 heteroatoms. The Morgan fingerprint density at radius 2 is 2.04 bits per heavy atom. The molecular weight excluding hydrogens is 350 g/mol. The monoisotopic (exact) mass is 371 g/mol. The first-order valence-electron chi connectivity index (χ1n) is 8.85. The van der Waals surface area contributed by atoms with E-state index in [1.165, 1.54) is 28.9 Å². The number of aromatic amines is 1. The summed E-state index contributed by atoms with van der Waals surface area (Å²) < 4.78 is 1.34. The standard InChI is InChI=1S/C18H21N5O4/c1-3-4-15-16(11(2)19-20-17(24)12-5-6-12)18(25)22(21-15)13-7-9-14(10-8-13)23(26)27/h7-10,12,21H,3-6H2,1-2H3,(H,20,24)/b19-11+. The summed E-state index contributed by atoms with van der Waals surface area (Å²) in [7, 11) is 0. The van der Waals surface area contributed by atoms with E-state index in [1.54, 1.807) is 6.92 Å². The fourth-order valence-electron chi connectivity index (χ4n) is 2.82. The number of non-ortho nitro benzene ring substituents is 1. The van der Waals surface area contributed by atoms with Gasteiger partial charge in [-0.15, -0.1) is 0 Å². The van der Waals surface area contributed by atoms with Gasteiger partial charge in [0.05, 0.1) is 21.9 Å². The van der Waals surface area contributed by atoms with Gasteiger partial charge in [0.15, 0.2) is 0 Å². The number of rotatable bonds is 7. The maximum Gasteiger partial charge on any atom is 0.280 e. The molecule has 3 rings (SSSR count). The number of nitrogens with one attached hydrogen (secondary N) is 2. The Kier molecular flexibility index (Phi) is 5.20. The van der Waals surface area contributed by atoms with Crippen LogP contribution in [0.25, 0.3) is 5.69 Å². The number of carbonyl (C=O) groups is 1. The Morgan fingerprint density at radius 3 is 2.59 bits per heavy atom. The van der Waals surface area contributed by atoms with Crippen LogP contribution in [0.3, 0.4) is 0 Å². The number of nitro benzene ring substituents is 1. The highest BCUT2D eigenvalue weighted by molar-refractivity contribution is 6.00. The molecule has 0 aliphatic heterocycles. The average molecular weight is 371 g/mol. The molecule has 9 nitrogen and oxygen atoms in total. The lowest BCUT2D eigenvalue weighted by atomic mass is 10.1. The molecule has 1 saturated carbocycles. The van der Waals surface area contributed by atoms with Crippen molar-refractivity contribution in [1.29, 1.82) is 0 Å². The minimum atomic E-state index is -0.492. The molecule has 0 bridgehead atoms. The molecule has 1 amide bonds. The van der Waals surface area contributed by atoms with Gasteiger partial charge in [-0.3, -0.25) is 24.8 Å². The van der Waals surface area contributed by atoms with Crippen LogP contribution in [0.2, 0.25) is 0 Å². The van der Waals surface area contributed by atoms with Crippen LogP contribution in [-0.4, -0.2) is 26.3 Å². The maximum atomic E-state index is 12.9. The smallest absolute Gasteiger partial charge is 0.280 e. The van der Waals surface area contributed by atoms with Crippen molar-refractivity contribution < 1.29 is 9.72 Å². The van der Waals surface area contributed by atoms with E-state index < -0.39 is 4.92 Å². The SMILES string of the molecule is CCCc1[nH]n(-c2ccc([N+](=O)[O-])cc2)c(=O)c1/C(C)=N/NC(=O)C1CC1. The number of aryl methyl sites for hydroxylation is 1. The minimum Gasteiger partial charge on any atom is -0.294 e. The quantitative estimate of drug-likeness (QED) is 0.440. The molecule has 27 heavy (non-hydrogen) atoms. The van der Waals surface area contributed by atoms with Gasteiger partial charge in [0.2, 0.25) is 5.91 Å². The highest BCUT2D eigenvalue weighted by atomic mass is 16.6. The van der Waals surface area contributed by atoms with Crippen LogP contribution < -0.4 is 11.0 Å². The van der Waals surface area contributed by atoms with Gasteiger partial charge >= 0.3 is 0 Å². The Morgan fingerprint density at radius 1 is 1.37 bits per heavy atom. The second kappa shape index (κ2) is 7.56. The van der Waals surface area contributed by atoms with E-state index in [0.29, 0.717) is 29.1 Å². The van der Waals surface area contributed by atoms with Crippen LogP contribution >= 0.6 is 0 Å². The van der Waals surface area contributed by atoms with Crippen molar-refractivity contribution in [2.45, 2.75) is 39.5 Å². The lowest BCUT2D eigenvalue weighted by molar-refractivity contribution is -0.384. The molecule has 142 valence electrons. The molecule has 1 heterocycles. The van der Waals surface area contributed by atoms with Crippen molar-refractivity contribution in [3.05, 3.63) is 56.0 Å². The predicted octanol–water partition coefficient (Wildman–Crippen LogP) is 2.28. The van der Waals surface area contributed by atoms with Crippen LogP contribution in [-0.2, 0) is 11.2 Å². The summed E-state index contributed by atoms with van der Waals surface area (Å²) in [5, 5.41) is 18.0. The normalized spacial score (nSPS) is 14.2. The third kappa shape index (κ3) is 3.97. The van der Waals surface area contributed by atoms with Crippen molar-refractivity contribution in [1.82, 2.24) is 15.2 Å². The third-order valence-electron chi connectivity index (χ3n) is 4.43. The Bertz CT molecular complexity index is 951. The molecule has 1 fully saturated rings. The molecular formula is C18H21N5O4. The van der Waals surface area contributed by atoms with Crippen molar-refractivity contribution in [3.8, 4) is 5.69 Å². The van der Waals surface area contributed by atoms with E-state index in [2.05, 4.69) is 15.6 Å². The lowest BCUT2D eigenvalue weighted by Crippen LogP contribution is -2.24. The van der Waals surface area contributed by atoms with Crippen LogP contribution in [0.5, 0.6) is 0 Å². The van der Waals surface area contributed by atoms with Gasteiger partial charge in [-0.1, -0.05) is 13.3 Å². The Hall–Kier alpha value is -3.23. The fraction of sp³-hybridized carbons (Fsp3) is 0.389. The van der Waals surface area contributed by atoms with E-state index in [9.17, 15) is 19.7 Å². The number of nitro groups is 1. The molecule has 1 aromatic heterocycles. The molecule has 2 N–H and O–H groups in total. The van der Waals surface area contributed by atoms with E-state index in [4.69, 9.17) is 0 Å². The summed E-state index contributed by atoms with van der Waals surface area (Å²) in [4.78, 5) is 35.0. The zero-order valence-corrected chi connectivity index (χ0v) is 15.2. The molecule has 0 saturated heterocycles. The topological polar surface area (TPSA) is 122 Å². The number of hydrogen-bond donors (Lipinski definition) is 2. The maximum absolute atomic E-state index is 12.9. The first kappa shape index (κ1) is 18.6. The van der Waals surface area contributed by atoms with Crippen LogP contribution in [0, 0.1) is 16.0 Å². The summed E-state index contributed by atoms with van der Waals surface area (Å²) in [6, 6.07) is 5.71. The summed E-state index contributed by atoms with van der Waals surface area (Å²) in [6.07, 6.45) is 3.19. The van der Waals surface area contributed by atoms with Gasteiger partial charge in [-0.25, -0.2) is 10.1 Å². The lowest BCUT2D eigenvalue weighted by Gasteiger charge is -2.01. The summed E-state index contributed by atoms with van der Waals surface area (Å²) >= 11 is 0. The average Bonchev–Trinajstić information content (AvgIpc) is 3.44. The zero-order valence-electron chi connectivity index (χ0n) is 15.2. The summed E-state index contributed by atoms with van der Waals surface area (Å²) in [5.74, 6) is -0.0997. The van der Waals surface area contributed by atoms with E-state index in [0.717, 1.165) is 19.3 Å². The largest absolute Gasteiger partial charge is 0.294 e. The first-order valence-corrected chi connectivity index (χ1v) is 8.85. The summed E-state index contributed by atoms with van der Waals surface area (Å²) in [6.45, 7) is 3.67. The highest BCUT2D eigenvalue weighted by Gasteiger charge is 2.29. The van der Waals surface area contributed by atoms with Crippen molar-refractivity contribution in [2.24, 2.45) is 11.0 Å². The van der Waals surface area contributed by atoms with E-state index in [1.807, 2.05) is 6.92 Å². The molecule has 1 aliphatic carbocycles. The van der Waals surface area contributed by atoms with Gasteiger partial charge in [0, 0.05) is 23.7 Å². The van der Waals surface area contributed by atoms with E-state index >= 15 is 0 Å². The van der Waals surface area contributed by atoms with Crippen LogP contribution in [0.4, 0.5) is 5.69 Å². The first-order chi connectivity index (χ1) is 12.9. The van der Waals surface area contributed by atoms with Gasteiger partial charge < -0.3 is 0 Å². The number of carbonyl (C=O) groups excluding carboxylic acids is 1. The molecule has 0 spiro atoms. The second-order valence-electron chi connectivity index (χ2n) is 6.58. The minimum absolute atomic E-state index is 0.0275. The van der Waals surface area contributed by atoms with Crippen LogP contribution in [0.15, 0.2) is 34.2 Å². The number of nitrogens with zero attached hydrogens (tertiary/aromatic N) is 3. The van der Waals surface area contributed by atoms with E-state index in [-0.39, 0.29) is 23.1 Å². The van der Waals surface area contributed by atoms with Crippen molar-refractivity contribution in [3.63, 3.8) is 0 Å². The fourth-order valence-corrected chi connectivity index (χ4v) is 2.82. The number of amides is 1. The van der Waals surface area contributed by atoms with Gasteiger partial charge in [-0.05, 0) is 38.3 Å². The number of aromatic nitrogens is 2. The number of H-pyrrole nitrogens is 1. The highest BCUT2D eigenvalue weighted by Crippen LogP contribution is 2.28. The predicted molar refractivity (Wildman–Crippen MR) is 100 cm³/mol.